The molecule has 1 heterocycles. The van der Waals surface area contributed by atoms with Gasteiger partial charge in [-0.05, 0) is 0 Å². The first-order chi connectivity index (χ1) is 6.99. The summed E-state index contributed by atoms with van der Waals surface area (Å²) in [7, 11) is 0. The maximum atomic E-state index is 13.3. The van der Waals surface area contributed by atoms with E-state index in [-0.39, 0.29) is 12.1 Å². The SMILES string of the molecule is Nc1c(F)c(CCF)nc(C(=O)O)c1Cl. The van der Waals surface area contributed by atoms with Gasteiger partial charge in [-0.3, -0.25) is 4.39 Å². The molecule has 0 aliphatic heterocycles. The molecule has 15 heavy (non-hydrogen) atoms. The van der Waals surface area contributed by atoms with Crippen LogP contribution in [0.4, 0.5) is 14.5 Å². The molecular formula is C8H7ClF2N2O2. The van der Waals surface area contributed by atoms with Crippen molar-refractivity contribution in [1.82, 2.24) is 4.98 Å². The van der Waals surface area contributed by atoms with E-state index in [1.807, 2.05) is 0 Å². The van der Waals surface area contributed by atoms with Gasteiger partial charge in [0.1, 0.15) is 0 Å². The minimum atomic E-state index is -1.44. The number of hydrogen-bond donors (Lipinski definition) is 2. The Labute approximate surface area is 88.7 Å². The molecule has 0 bridgehead atoms. The molecule has 0 aliphatic carbocycles. The molecule has 7 heteroatoms. The van der Waals surface area contributed by atoms with E-state index in [2.05, 4.69) is 4.98 Å². The fourth-order valence-electron chi connectivity index (χ4n) is 1.01. The van der Waals surface area contributed by atoms with Crippen molar-refractivity contribution in [2.45, 2.75) is 6.42 Å². The third-order valence-electron chi connectivity index (χ3n) is 1.71. The molecule has 0 aliphatic rings. The largest absolute Gasteiger partial charge is 0.476 e. The van der Waals surface area contributed by atoms with Crippen molar-refractivity contribution in [3.63, 3.8) is 0 Å². The predicted octanol–water partition coefficient (Wildman–Crippen LogP) is 1.67. The fraction of sp³-hybridized carbons (Fsp3) is 0.250. The standard InChI is InChI=1S/C8H7ClF2N2O2/c9-4-6(12)5(11)3(1-2-10)13-7(4)8(14)15/h1-2H2,(H2,12,13)(H,14,15). The van der Waals surface area contributed by atoms with E-state index in [4.69, 9.17) is 22.4 Å². The van der Waals surface area contributed by atoms with Crippen LogP contribution in [0.1, 0.15) is 16.2 Å². The topological polar surface area (TPSA) is 76.2 Å². The second-order valence-electron chi connectivity index (χ2n) is 2.69. The lowest BCUT2D eigenvalue weighted by molar-refractivity contribution is 0.0690. The van der Waals surface area contributed by atoms with Gasteiger partial charge in [0.25, 0.3) is 0 Å². The molecule has 0 unspecified atom stereocenters. The summed E-state index contributed by atoms with van der Waals surface area (Å²) in [4.78, 5) is 14.0. The molecule has 82 valence electrons. The summed E-state index contributed by atoms with van der Waals surface area (Å²) in [5.74, 6) is -2.41. The summed E-state index contributed by atoms with van der Waals surface area (Å²) >= 11 is 5.46. The predicted molar refractivity (Wildman–Crippen MR) is 50.3 cm³/mol. The van der Waals surface area contributed by atoms with Crippen molar-refractivity contribution in [1.29, 1.82) is 0 Å². The first-order valence-electron chi connectivity index (χ1n) is 3.91. The molecule has 0 saturated carbocycles. The van der Waals surface area contributed by atoms with Gasteiger partial charge in [-0.15, -0.1) is 0 Å². The van der Waals surface area contributed by atoms with E-state index in [0.29, 0.717) is 0 Å². The van der Waals surface area contributed by atoms with Crippen molar-refractivity contribution < 1.29 is 18.7 Å². The molecular weight excluding hydrogens is 230 g/mol. The summed E-state index contributed by atoms with van der Waals surface area (Å²) < 4.78 is 25.3. The number of hydrogen-bond acceptors (Lipinski definition) is 3. The number of nitrogen functional groups attached to an aromatic ring is 1. The average molecular weight is 237 g/mol. The number of aryl methyl sites for hydroxylation is 1. The smallest absolute Gasteiger partial charge is 0.356 e. The van der Waals surface area contributed by atoms with Crippen LogP contribution < -0.4 is 5.73 Å². The molecule has 0 radical (unpaired) electrons. The Hall–Kier alpha value is -1.43. The lowest BCUT2D eigenvalue weighted by atomic mass is 10.2. The number of alkyl halides is 1. The highest BCUT2D eigenvalue weighted by Crippen LogP contribution is 2.27. The highest BCUT2D eigenvalue weighted by atomic mass is 35.5. The number of carbonyl (C=O) groups is 1. The number of nitrogens with zero attached hydrogens (tertiary/aromatic N) is 1. The minimum Gasteiger partial charge on any atom is -0.476 e. The van der Waals surface area contributed by atoms with E-state index in [1.165, 1.54) is 0 Å². The molecule has 0 aromatic carbocycles. The Morgan fingerprint density at radius 3 is 2.67 bits per heavy atom. The van der Waals surface area contributed by atoms with Crippen LogP contribution in [-0.4, -0.2) is 22.7 Å². The van der Waals surface area contributed by atoms with Crippen molar-refractivity contribution in [2.24, 2.45) is 0 Å². The number of halogens is 3. The molecule has 1 rings (SSSR count). The summed E-state index contributed by atoms with van der Waals surface area (Å²) in [6, 6.07) is 0. The van der Waals surface area contributed by atoms with Gasteiger partial charge in [-0.2, -0.15) is 0 Å². The summed E-state index contributed by atoms with van der Waals surface area (Å²) in [5, 5.41) is 8.19. The van der Waals surface area contributed by atoms with Crippen molar-refractivity contribution >= 4 is 23.3 Å². The van der Waals surface area contributed by atoms with E-state index >= 15 is 0 Å². The first kappa shape index (κ1) is 11.6. The second kappa shape index (κ2) is 4.39. The molecule has 3 N–H and O–H groups in total. The first-order valence-corrected chi connectivity index (χ1v) is 4.29. The van der Waals surface area contributed by atoms with Gasteiger partial charge < -0.3 is 10.8 Å². The second-order valence-corrected chi connectivity index (χ2v) is 3.07. The Bertz CT molecular complexity index is 412. The van der Waals surface area contributed by atoms with Crippen molar-refractivity contribution in [2.75, 3.05) is 12.4 Å². The van der Waals surface area contributed by atoms with Gasteiger partial charge in [0.15, 0.2) is 11.5 Å². The zero-order valence-electron chi connectivity index (χ0n) is 7.43. The Kier molecular flexibility index (Phi) is 3.41. The number of aromatic nitrogens is 1. The van der Waals surface area contributed by atoms with Gasteiger partial charge in [-0.25, -0.2) is 14.2 Å². The third kappa shape index (κ3) is 2.15. The summed E-state index contributed by atoms with van der Waals surface area (Å²) in [5.41, 5.74) is 3.79. The molecule has 4 nitrogen and oxygen atoms in total. The quantitative estimate of drug-likeness (QED) is 0.837. The van der Waals surface area contributed by atoms with Gasteiger partial charge in [0, 0.05) is 6.42 Å². The highest BCUT2D eigenvalue weighted by molar-refractivity contribution is 6.35. The van der Waals surface area contributed by atoms with Crippen LogP contribution in [-0.2, 0) is 6.42 Å². The van der Waals surface area contributed by atoms with Gasteiger partial charge in [0.2, 0.25) is 0 Å². The van der Waals surface area contributed by atoms with E-state index in [0.717, 1.165) is 0 Å². The lowest BCUT2D eigenvalue weighted by Crippen LogP contribution is -2.10. The Morgan fingerprint density at radius 1 is 1.60 bits per heavy atom. The molecule has 0 fully saturated rings. The maximum Gasteiger partial charge on any atom is 0.356 e. The zero-order valence-corrected chi connectivity index (χ0v) is 8.18. The van der Waals surface area contributed by atoms with Gasteiger partial charge in [-0.1, -0.05) is 11.6 Å². The van der Waals surface area contributed by atoms with Crippen LogP contribution >= 0.6 is 11.6 Å². The number of anilines is 1. The fourth-order valence-corrected chi connectivity index (χ4v) is 1.22. The van der Waals surface area contributed by atoms with E-state index in [1.54, 1.807) is 0 Å². The van der Waals surface area contributed by atoms with Crippen LogP contribution in [0, 0.1) is 5.82 Å². The van der Waals surface area contributed by atoms with Crippen molar-refractivity contribution in [3.8, 4) is 0 Å². The third-order valence-corrected chi connectivity index (χ3v) is 2.10. The van der Waals surface area contributed by atoms with E-state index in [9.17, 15) is 13.6 Å². The summed E-state index contributed by atoms with van der Waals surface area (Å²) in [6.45, 7) is -0.857. The van der Waals surface area contributed by atoms with Crippen LogP contribution in [0.2, 0.25) is 5.02 Å². The highest BCUT2D eigenvalue weighted by Gasteiger charge is 2.20. The van der Waals surface area contributed by atoms with Gasteiger partial charge in [0.05, 0.1) is 23.1 Å². The number of aromatic carboxylic acids is 1. The number of carboxylic acids is 1. The van der Waals surface area contributed by atoms with Crippen LogP contribution in [0.25, 0.3) is 0 Å². The Morgan fingerprint density at radius 2 is 2.20 bits per heavy atom. The van der Waals surface area contributed by atoms with Gasteiger partial charge >= 0.3 is 5.97 Å². The zero-order chi connectivity index (χ0) is 11.6. The number of rotatable bonds is 3. The monoisotopic (exact) mass is 236 g/mol. The summed E-state index contributed by atoms with van der Waals surface area (Å²) in [6.07, 6.45) is -0.340. The lowest BCUT2D eigenvalue weighted by Gasteiger charge is -2.07. The number of pyridine rings is 1. The number of carboxylic acid groups (broad SMARTS) is 1. The maximum absolute atomic E-state index is 13.3. The minimum absolute atomic E-state index is 0.336. The van der Waals surface area contributed by atoms with Crippen LogP contribution in [0.5, 0.6) is 0 Å². The normalized spacial score (nSPS) is 10.3. The molecule has 0 amide bonds. The van der Waals surface area contributed by atoms with Crippen LogP contribution in [0.3, 0.4) is 0 Å². The van der Waals surface area contributed by atoms with Crippen molar-refractivity contribution in [3.05, 3.63) is 22.2 Å². The van der Waals surface area contributed by atoms with Crippen LogP contribution in [0.15, 0.2) is 0 Å². The van der Waals surface area contributed by atoms with E-state index < -0.39 is 34.9 Å². The molecule has 0 atom stereocenters. The molecule has 0 spiro atoms. The molecule has 0 saturated heterocycles. The average Bonchev–Trinajstić information content (AvgIpc) is 2.18. The molecule has 1 aromatic heterocycles. The number of nitrogens with two attached hydrogens (primary N) is 1. The molecule has 1 aromatic rings. The Balaban J connectivity index is 3.38.